The van der Waals surface area contributed by atoms with E-state index in [0.717, 1.165) is 0 Å². The molecule has 2 amide bonds. The molecular formula is C14H29N3O2. The van der Waals surface area contributed by atoms with E-state index in [2.05, 4.69) is 5.32 Å². The number of hydrogen-bond acceptors (Lipinski definition) is 3. The summed E-state index contributed by atoms with van der Waals surface area (Å²) in [6, 6.07) is 0.0697. The van der Waals surface area contributed by atoms with Crippen LogP contribution in [-0.2, 0) is 9.59 Å². The largest absolute Gasteiger partial charge is 0.352 e. The zero-order valence-corrected chi connectivity index (χ0v) is 13.3. The third kappa shape index (κ3) is 4.82. The first-order chi connectivity index (χ1) is 8.43. The second-order valence-electron chi connectivity index (χ2n) is 6.39. The van der Waals surface area contributed by atoms with Gasteiger partial charge in [-0.25, -0.2) is 0 Å². The van der Waals surface area contributed by atoms with Crippen LogP contribution in [0.4, 0.5) is 0 Å². The lowest BCUT2D eigenvalue weighted by molar-refractivity contribution is -0.146. The number of carbonyl (C=O) groups is 2. The van der Waals surface area contributed by atoms with Gasteiger partial charge in [0.2, 0.25) is 11.8 Å². The minimum Gasteiger partial charge on any atom is -0.352 e. The number of amides is 2. The molecule has 19 heavy (non-hydrogen) atoms. The van der Waals surface area contributed by atoms with Gasteiger partial charge in [-0.2, -0.15) is 0 Å². The fraction of sp³-hybridized carbons (Fsp3) is 0.857. The fourth-order valence-electron chi connectivity index (χ4n) is 1.54. The molecule has 0 bridgehead atoms. The van der Waals surface area contributed by atoms with Crippen LogP contribution in [0.25, 0.3) is 0 Å². The van der Waals surface area contributed by atoms with Crippen molar-refractivity contribution in [2.75, 3.05) is 13.1 Å². The molecule has 0 unspecified atom stereocenters. The van der Waals surface area contributed by atoms with E-state index in [-0.39, 0.29) is 24.4 Å². The van der Waals surface area contributed by atoms with Crippen LogP contribution in [0, 0.1) is 5.41 Å². The standard InChI is InChI=1S/C14H29N3O2/c1-8-17(9-11(18)16-10(2)3)12(19)13(4,5)14(6,7)15/h10H,8-9,15H2,1-7H3,(H,16,18). The van der Waals surface area contributed by atoms with Gasteiger partial charge in [0.15, 0.2) is 0 Å². The van der Waals surface area contributed by atoms with E-state index < -0.39 is 11.0 Å². The molecule has 0 aromatic rings. The molecule has 0 atom stereocenters. The summed E-state index contributed by atoms with van der Waals surface area (Å²) < 4.78 is 0. The van der Waals surface area contributed by atoms with Gasteiger partial charge < -0.3 is 16.0 Å². The van der Waals surface area contributed by atoms with Crippen molar-refractivity contribution < 1.29 is 9.59 Å². The van der Waals surface area contributed by atoms with Crippen molar-refractivity contribution in [1.29, 1.82) is 0 Å². The second kappa shape index (κ2) is 6.37. The molecule has 0 aliphatic rings. The number of nitrogens with zero attached hydrogens (tertiary/aromatic N) is 1. The lowest BCUT2D eigenvalue weighted by Gasteiger charge is -2.40. The Hall–Kier alpha value is -1.10. The Kier molecular flexibility index (Phi) is 6.00. The van der Waals surface area contributed by atoms with Crippen molar-refractivity contribution in [2.24, 2.45) is 11.1 Å². The SMILES string of the molecule is CCN(CC(=O)NC(C)C)C(=O)C(C)(C)C(C)(C)N. The average molecular weight is 271 g/mol. The van der Waals surface area contributed by atoms with Crippen LogP contribution in [0.3, 0.4) is 0 Å². The third-order valence-corrected chi connectivity index (χ3v) is 3.60. The van der Waals surface area contributed by atoms with E-state index in [0.29, 0.717) is 6.54 Å². The Morgan fingerprint density at radius 2 is 1.68 bits per heavy atom. The topological polar surface area (TPSA) is 75.4 Å². The predicted molar refractivity (Wildman–Crippen MR) is 77.6 cm³/mol. The van der Waals surface area contributed by atoms with Gasteiger partial charge in [0.1, 0.15) is 0 Å². The minimum absolute atomic E-state index is 0.0697. The molecular weight excluding hydrogens is 242 g/mol. The van der Waals surface area contributed by atoms with Crippen molar-refractivity contribution >= 4 is 11.8 Å². The Morgan fingerprint density at radius 3 is 2.00 bits per heavy atom. The summed E-state index contributed by atoms with van der Waals surface area (Å²) in [6.45, 7) is 13.5. The summed E-state index contributed by atoms with van der Waals surface area (Å²) in [5, 5.41) is 2.79. The molecule has 5 nitrogen and oxygen atoms in total. The molecule has 0 saturated heterocycles. The maximum Gasteiger partial charge on any atom is 0.239 e. The molecule has 5 heteroatoms. The Labute approximate surface area is 116 Å². The molecule has 0 aromatic heterocycles. The van der Waals surface area contributed by atoms with Gasteiger partial charge in [0, 0.05) is 18.1 Å². The number of hydrogen-bond donors (Lipinski definition) is 2. The van der Waals surface area contributed by atoms with Crippen LogP contribution in [0.2, 0.25) is 0 Å². The molecule has 0 heterocycles. The van der Waals surface area contributed by atoms with E-state index in [1.165, 1.54) is 0 Å². The lowest BCUT2D eigenvalue weighted by Crippen LogP contribution is -2.57. The number of likely N-dealkylation sites (N-methyl/N-ethyl adjacent to an activating group) is 1. The Balaban J connectivity index is 4.88. The normalized spacial score (nSPS) is 12.5. The molecule has 0 aromatic carbocycles. The average Bonchev–Trinajstić information content (AvgIpc) is 2.22. The maximum atomic E-state index is 12.5. The highest BCUT2D eigenvalue weighted by atomic mass is 16.2. The smallest absolute Gasteiger partial charge is 0.239 e. The van der Waals surface area contributed by atoms with E-state index in [1.807, 2.05) is 48.5 Å². The monoisotopic (exact) mass is 271 g/mol. The number of carbonyl (C=O) groups excluding carboxylic acids is 2. The number of nitrogens with two attached hydrogens (primary N) is 1. The first-order valence-corrected chi connectivity index (χ1v) is 6.81. The van der Waals surface area contributed by atoms with Gasteiger partial charge in [0.05, 0.1) is 12.0 Å². The van der Waals surface area contributed by atoms with Gasteiger partial charge in [-0.3, -0.25) is 9.59 Å². The summed E-state index contributed by atoms with van der Waals surface area (Å²) >= 11 is 0. The Bertz CT molecular complexity index is 330. The van der Waals surface area contributed by atoms with Crippen molar-refractivity contribution in [3.05, 3.63) is 0 Å². The predicted octanol–water partition coefficient (Wildman–Crippen LogP) is 1.12. The molecule has 0 fully saturated rings. The molecule has 112 valence electrons. The first-order valence-electron chi connectivity index (χ1n) is 6.81. The summed E-state index contributed by atoms with van der Waals surface area (Å²) in [4.78, 5) is 25.8. The van der Waals surface area contributed by atoms with Crippen molar-refractivity contribution in [3.63, 3.8) is 0 Å². The molecule has 0 rings (SSSR count). The second-order valence-corrected chi connectivity index (χ2v) is 6.39. The van der Waals surface area contributed by atoms with E-state index in [9.17, 15) is 9.59 Å². The fourth-order valence-corrected chi connectivity index (χ4v) is 1.54. The zero-order valence-electron chi connectivity index (χ0n) is 13.3. The minimum atomic E-state index is -0.721. The highest BCUT2D eigenvalue weighted by Gasteiger charge is 2.42. The highest BCUT2D eigenvalue weighted by Crippen LogP contribution is 2.30. The van der Waals surface area contributed by atoms with Gasteiger partial charge in [-0.1, -0.05) is 0 Å². The summed E-state index contributed by atoms with van der Waals surface area (Å²) in [5.74, 6) is -0.239. The van der Waals surface area contributed by atoms with E-state index in [1.54, 1.807) is 4.90 Å². The molecule has 0 aliphatic heterocycles. The molecule has 0 spiro atoms. The summed E-state index contributed by atoms with van der Waals surface area (Å²) in [7, 11) is 0. The first kappa shape index (κ1) is 17.9. The summed E-state index contributed by atoms with van der Waals surface area (Å²) in [6.07, 6.45) is 0. The van der Waals surface area contributed by atoms with Crippen molar-refractivity contribution in [1.82, 2.24) is 10.2 Å². The molecule has 0 aliphatic carbocycles. The van der Waals surface area contributed by atoms with Crippen LogP contribution >= 0.6 is 0 Å². The maximum absolute atomic E-state index is 12.5. The molecule has 0 radical (unpaired) electrons. The van der Waals surface area contributed by atoms with Crippen LogP contribution in [0.5, 0.6) is 0 Å². The quantitative estimate of drug-likeness (QED) is 0.760. The lowest BCUT2D eigenvalue weighted by atomic mass is 9.74. The van der Waals surface area contributed by atoms with Gasteiger partial charge in [0.25, 0.3) is 0 Å². The van der Waals surface area contributed by atoms with E-state index >= 15 is 0 Å². The van der Waals surface area contributed by atoms with Crippen LogP contribution in [-0.4, -0.2) is 41.4 Å². The van der Waals surface area contributed by atoms with Crippen LogP contribution < -0.4 is 11.1 Å². The Morgan fingerprint density at radius 1 is 1.21 bits per heavy atom. The van der Waals surface area contributed by atoms with Gasteiger partial charge >= 0.3 is 0 Å². The van der Waals surface area contributed by atoms with E-state index in [4.69, 9.17) is 5.73 Å². The summed E-state index contributed by atoms with van der Waals surface area (Å²) in [5.41, 5.74) is 4.70. The highest BCUT2D eigenvalue weighted by molar-refractivity contribution is 5.88. The van der Waals surface area contributed by atoms with Gasteiger partial charge in [-0.05, 0) is 48.5 Å². The number of rotatable bonds is 6. The molecule has 3 N–H and O–H groups in total. The van der Waals surface area contributed by atoms with Crippen LogP contribution in [0.15, 0.2) is 0 Å². The third-order valence-electron chi connectivity index (χ3n) is 3.60. The van der Waals surface area contributed by atoms with Crippen molar-refractivity contribution in [2.45, 2.75) is 60.0 Å². The van der Waals surface area contributed by atoms with Gasteiger partial charge in [-0.15, -0.1) is 0 Å². The zero-order chi connectivity index (χ0) is 15.4. The molecule has 0 saturated carbocycles. The number of nitrogens with one attached hydrogen (secondary N) is 1. The van der Waals surface area contributed by atoms with Crippen molar-refractivity contribution in [3.8, 4) is 0 Å². The van der Waals surface area contributed by atoms with Crippen LogP contribution in [0.1, 0.15) is 48.5 Å².